The topological polar surface area (TPSA) is 72.0 Å². The molecule has 0 saturated heterocycles. The maximum Gasteiger partial charge on any atom is 0.434 e. The lowest BCUT2D eigenvalue weighted by molar-refractivity contribution is 0.271. The van der Waals surface area contributed by atoms with Crippen LogP contribution in [0.3, 0.4) is 0 Å². The zero-order valence-electron chi connectivity index (χ0n) is 12.5. The molecule has 0 heterocycles. The molecule has 0 aliphatic heterocycles. The summed E-state index contributed by atoms with van der Waals surface area (Å²) >= 11 is 0. The van der Waals surface area contributed by atoms with Crippen LogP contribution in [0.2, 0.25) is 0 Å². The minimum absolute atomic E-state index is 0.329. The molecule has 0 spiro atoms. The minimum Gasteiger partial charge on any atom is -0.326 e. The Labute approximate surface area is 120 Å². The molecule has 7 heteroatoms. The molecule has 0 radical (unpaired) electrons. The standard InChI is InChI=1S/C13H22N3O3P/c1-13(2,3)15-12(16-20(17,18-4)19-5)14-11-9-7-6-8-10-11/h6-10H,1-5H3,(H2,14,15,16,17). The molecule has 6 nitrogen and oxygen atoms in total. The molecule has 2 N–H and O–H groups in total. The van der Waals surface area contributed by atoms with E-state index in [1.54, 1.807) is 0 Å². The molecule has 0 unspecified atom stereocenters. The van der Waals surface area contributed by atoms with E-state index in [0.717, 1.165) is 5.69 Å². The van der Waals surface area contributed by atoms with Crippen LogP contribution >= 0.6 is 7.75 Å². The molecule has 0 aliphatic rings. The van der Waals surface area contributed by atoms with Crippen molar-refractivity contribution in [3.63, 3.8) is 0 Å². The van der Waals surface area contributed by atoms with Crippen molar-refractivity contribution in [3.05, 3.63) is 30.3 Å². The van der Waals surface area contributed by atoms with Crippen molar-refractivity contribution in [1.82, 2.24) is 5.09 Å². The molecular weight excluding hydrogens is 277 g/mol. The van der Waals surface area contributed by atoms with Gasteiger partial charge in [-0.25, -0.2) is 9.56 Å². The van der Waals surface area contributed by atoms with Gasteiger partial charge in [0.2, 0.25) is 5.96 Å². The van der Waals surface area contributed by atoms with E-state index in [0.29, 0.717) is 5.96 Å². The molecule has 0 atom stereocenters. The Morgan fingerprint density at radius 2 is 1.70 bits per heavy atom. The van der Waals surface area contributed by atoms with Gasteiger partial charge in [0, 0.05) is 19.9 Å². The van der Waals surface area contributed by atoms with Crippen molar-refractivity contribution < 1.29 is 13.6 Å². The predicted molar refractivity (Wildman–Crippen MR) is 82.0 cm³/mol. The second kappa shape index (κ2) is 6.88. The summed E-state index contributed by atoms with van der Waals surface area (Å²) in [5, 5.41) is 5.75. The third kappa shape index (κ3) is 5.74. The number of guanidine groups is 1. The third-order valence-corrected chi connectivity index (χ3v) is 3.65. The monoisotopic (exact) mass is 299 g/mol. The molecule has 1 rings (SSSR count). The van der Waals surface area contributed by atoms with E-state index in [1.165, 1.54) is 14.2 Å². The van der Waals surface area contributed by atoms with Crippen molar-refractivity contribution >= 4 is 19.4 Å². The quantitative estimate of drug-likeness (QED) is 0.507. The van der Waals surface area contributed by atoms with Gasteiger partial charge in [-0.05, 0) is 32.9 Å². The van der Waals surface area contributed by atoms with Crippen molar-refractivity contribution in [2.75, 3.05) is 19.5 Å². The number of hydrogen-bond acceptors (Lipinski definition) is 4. The Morgan fingerprint density at radius 1 is 1.15 bits per heavy atom. The van der Waals surface area contributed by atoms with Gasteiger partial charge in [0.05, 0.1) is 5.54 Å². The van der Waals surface area contributed by atoms with E-state index in [4.69, 9.17) is 9.05 Å². The minimum atomic E-state index is -3.40. The molecule has 0 aliphatic carbocycles. The molecule has 0 aromatic heterocycles. The number of hydrogen-bond donors (Lipinski definition) is 2. The van der Waals surface area contributed by atoms with Gasteiger partial charge in [-0.3, -0.25) is 14.1 Å². The molecule has 0 fully saturated rings. The van der Waals surface area contributed by atoms with Crippen molar-refractivity contribution in [2.45, 2.75) is 26.3 Å². The van der Waals surface area contributed by atoms with Crippen LogP contribution < -0.4 is 10.4 Å². The number of para-hydroxylation sites is 1. The lowest BCUT2D eigenvalue weighted by atomic mass is 10.1. The van der Waals surface area contributed by atoms with Gasteiger partial charge in [-0.1, -0.05) is 18.2 Å². The second-order valence-electron chi connectivity index (χ2n) is 5.10. The maximum absolute atomic E-state index is 12.2. The normalized spacial score (nSPS) is 13.2. The summed E-state index contributed by atoms with van der Waals surface area (Å²) in [6.45, 7) is 5.81. The van der Waals surface area contributed by atoms with Crippen molar-refractivity contribution in [2.24, 2.45) is 4.99 Å². The SMILES string of the molecule is COP(=O)(NC(=NC(C)(C)C)Nc1ccccc1)OC. The number of anilines is 1. The smallest absolute Gasteiger partial charge is 0.326 e. The molecule has 0 bridgehead atoms. The summed E-state index contributed by atoms with van der Waals surface area (Å²) in [6.07, 6.45) is 0. The van der Waals surface area contributed by atoms with Crippen LogP contribution in [0, 0.1) is 0 Å². The highest BCUT2D eigenvalue weighted by Gasteiger charge is 2.24. The van der Waals surface area contributed by atoms with Crippen LogP contribution in [-0.2, 0) is 13.6 Å². The average molecular weight is 299 g/mol. The Hall–Kier alpha value is -1.36. The van der Waals surface area contributed by atoms with Crippen molar-refractivity contribution in [1.29, 1.82) is 0 Å². The zero-order valence-corrected chi connectivity index (χ0v) is 13.4. The number of aliphatic imine (C=N–C) groups is 1. The fraction of sp³-hybridized carbons (Fsp3) is 0.462. The molecule has 1 aromatic rings. The summed E-state index contributed by atoms with van der Waals surface area (Å²) in [5.41, 5.74) is 0.470. The maximum atomic E-state index is 12.2. The molecule has 112 valence electrons. The van der Waals surface area contributed by atoms with E-state index in [2.05, 4.69) is 15.4 Å². The van der Waals surface area contributed by atoms with E-state index in [9.17, 15) is 4.57 Å². The molecule has 1 aromatic carbocycles. The van der Waals surface area contributed by atoms with E-state index < -0.39 is 7.75 Å². The van der Waals surface area contributed by atoms with Gasteiger partial charge >= 0.3 is 7.75 Å². The van der Waals surface area contributed by atoms with E-state index >= 15 is 0 Å². The van der Waals surface area contributed by atoms with E-state index in [-0.39, 0.29) is 5.54 Å². The predicted octanol–water partition coefficient (Wildman–Crippen LogP) is 3.24. The van der Waals surface area contributed by atoms with Gasteiger partial charge in [-0.15, -0.1) is 0 Å². The van der Waals surface area contributed by atoms with Gasteiger partial charge in [0.25, 0.3) is 0 Å². The Kier molecular flexibility index (Phi) is 5.74. The summed E-state index contributed by atoms with van der Waals surface area (Å²) in [7, 11) is -0.776. The second-order valence-corrected chi connectivity index (χ2v) is 7.05. The number of nitrogens with one attached hydrogen (secondary N) is 2. The fourth-order valence-corrected chi connectivity index (χ4v) is 2.07. The first kappa shape index (κ1) is 16.7. The first-order chi connectivity index (χ1) is 9.28. The van der Waals surface area contributed by atoms with Crippen molar-refractivity contribution in [3.8, 4) is 0 Å². The number of rotatable bonds is 4. The first-order valence-electron chi connectivity index (χ1n) is 6.20. The number of nitrogens with zero attached hydrogens (tertiary/aromatic N) is 1. The third-order valence-electron chi connectivity index (χ3n) is 2.21. The summed E-state index contributed by atoms with van der Waals surface area (Å²) < 4.78 is 21.9. The Morgan fingerprint density at radius 3 is 2.15 bits per heavy atom. The fourth-order valence-electron chi connectivity index (χ4n) is 1.37. The first-order valence-corrected chi connectivity index (χ1v) is 7.74. The number of benzene rings is 1. The molecule has 20 heavy (non-hydrogen) atoms. The Bertz CT molecular complexity index is 489. The summed E-state index contributed by atoms with van der Waals surface area (Å²) in [6, 6.07) is 9.45. The van der Waals surface area contributed by atoms with Gasteiger partial charge in [-0.2, -0.15) is 0 Å². The van der Waals surface area contributed by atoms with Gasteiger partial charge in [0.1, 0.15) is 0 Å². The van der Waals surface area contributed by atoms with Crippen LogP contribution in [0.25, 0.3) is 0 Å². The Balaban J connectivity index is 2.98. The van der Waals surface area contributed by atoms with Crippen LogP contribution in [0.5, 0.6) is 0 Å². The lowest BCUT2D eigenvalue weighted by Crippen LogP contribution is -2.32. The molecular formula is C13H22N3O3P. The lowest BCUT2D eigenvalue weighted by Gasteiger charge is -2.21. The molecule has 0 amide bonds. The van der Waals surface area contributed by atoms with Gasteiger partial charge < -0.3 is 5.32 Å². The van der Waals surface area contributed by atoms with Gasteiger partial charge in [0.15, 0.2) is 0 Å². The summed E-state index contributed by atoms with van der Waals surface area (Å²) in [4.78, 5) is 4.45. The van der Waals surface area contributed by atoms with Crippen LogP contribution in [0.15, 0.2) is 35.3 Å². The van der Waals surface area contributed by atoms with Crippen LogP contribution in [0.1, 0.15) is 20.8 Å². The highest BCUT2D eigenvalue weighted by molar-refractivity contribution is 7.52. The van der Waals surface area contributed by atoms with E-state index in [1.807, 2.05) is 51.1 Å². The zero-order chi connectivity index (χ0) is 15.2. The highest BCUT2D eigenvalue weighted by Crippen LogP contribution is 2.41. The average Bonchev–Trinajstić information content (AvgIpc) is 2.37. The summed E-state index contributed by atoms with van der Waals surface area (Å²) in [5.74, 6) is 0.329. The van der Waals surface area contributed by atoms with Crippen LogP contribution in [-0.4, -0.2) is 25.7 Å². The highest BCUT2D eigenvalue weighted by atomic mass is 31.2. The largest absolute Gasteiger partial charge is 0.434 e. The molecule has 0 saturated carbocycles. The van der Waals surface area contributed by atoms with Crippen LogP contribution in [0.4, 0.5) is 5.69 Å².